The topological polar surface area (TPSA) is 58.4 Å². The number of nitrogens with zero attached hydrogens (tertiary/aromatic N) is 1. The van der Waals surface area contributed by atoms with E-state index in [-0.39, 0.29) is 11.9 Å². The SMILES string of the molecule is CCN(CC(C)C)C(C)C(=O)Nc1ccc(Cl)cc1N. The summed E-state index contributed by atoms with van der Waals surface area (Å²) in [5.41, 5.74) is 6.93. The van der Waals surface area contributed by atoms with Crippen molar-refractivity contribution < 1.29 is 4.79 Å². The van der Waals surface area contributed by atoms with Gasteiger partial charge in [0, 0.05) is 11.6 Å². The Morgan fingerprint density at radius 1 is 1.40 bits per heavy atom. The van der Waals surface area contributed by atoms with Crippen LogP contribution >= 0.6 is 11.6 Å². The average Bonchev–Trinajstić information content (AvgIpc) is 2.38. The van der Waals surface area contributed by atoms with E-state index in [4.69, 9.17) is 17.3 Å². The first-order valence-corrected chi connectivity index (χ1v) is 7.32. The molecule has 0 aromatic heterocycles. The summed E-state index contributed by atoms with van der Waals surface area (Å²) in [6.07, 6.45) is 0. The summed E-state index contributed by atoms with van der Waals surface area (Å²) in [7, 11) is 0. The van der Waals surface area contributed by atoms with Gasteiger partial charge in [-0.2, -0.15) is 0 Å². The average molecular weight is 298 g/mol. The molecule has 1 amide bonds. The van der Waals surface area contributed by atoms with Gasteiger partial charge >= 0.3 is 0 Å². The Kier molecular flexibility index (Phi) is 6.30. The minimum atomic E-state index is -0.197. The van der Waals surface area contributed by atoms with Gasteiger partial charge in [-0.25, -0.2) is 0 Å². The van der Waals surface area contributed by atoms with Crippen molar-refractivity contribution in [3.63, 3.8) is 0 Å². The Morgan fingerprint density at radius 3 is 2.55 bits per heavy atom. The van der Waals surface area contributed by atoms with E-state index >= 15 is 0 Å². The fourth-order valence-corrected chi connectivity index (χ4v) is 2.26. The number of nitrogens with two attached hydrogens (primary N) is 1. The first-order valence-electron chi connectivity index (χ1n) is 6.95. The first-order chi connectivity index (χ1) is 9.35. The lowest BCUT2D eigenvalue weighted by Crippen LogP contribution is -2.43. The lowest BCUT2D eigenvalue weighted by atomic mass is 10.1. The normalized spacial score (nSPS) is 12.8. The highest BCUT2D eigenvalue weighted by atomic mass is 35.5. The van der Waals surface area contributed by atoms with Gasteiger partial charge in [0.1, 0.15) is 0 Å². The highest BCUT2D eigenvalue weighted by Gasteiger charge is 2.21. The number of rotatable bonds is 6. The maximum Gasteiger partial charge on any atom is 0.241 e. The molecule has 0 heterocycles. The van der Waals surface area contributed by atoms with Crippen LogP contribution in [-0.4, -0.2) is 29.9 Å². The molecule has 4 nitrogen and oxygen atoms in total. The Bertz CT molecular complexity index is 462. The molecule has 0 saturated heterocycles. The zero-order valence-electron chi connectivity index (χ0n) is 12.6. The molecule has 5 heteroatoms. The van der Waals surface area contributed by atoms with Gasteiger partial charge in [0.2, 0.25) is 5.91 Å². The molecule has 1 aromatic rings. The molecule has 1 unspecified atom stereocenters. The van der Waals surface area contributed by atoms with E-state index < -0.39 is 0 Å². The summed E-state index contributed by atoms with van der Waals surface area (Å²) in [4.78, 5) is 14.4. The van der Waals surface area contributed by atoms with Crippen molar-refractivity contribution in [2.45, 2.75) is 33.7 Å². The number of nitrogen functional groups attached to an aromatic ring is 1. The van der Waals surface area contributed by atoms with Crippen LogP contribution in [0.4, 0.5) is 11.4 Å². The number of amides is 1. The number of likely N-dealkylation sites (N-methyl/N-ethyl adjacent to an activating group) is 1. The molecule has 1 rings (SSSR count). The molecule has 3 N–H and O–H groups in total. The molecule has 0 aliphatic carbocycles. The maximum absolute atomic E-state index is 12.3. The molecule has 0 bridgehead atoms. The number of carbonyl (C=O) groups excluding carboxylic acids is 1. The Balaban J connectivity index is 2.73. The van der Waals surface area contributed by atoms with Crippen LogP contribution < -0.4 is 11.1 Å². The van der Waals surface area contributed by atoms with Crippen molar-refractivity contribution in [2.24, 2.45) is 5.92 Å². The van der Waals surface area contributed by atoms with Crippen LogP contribution in [0.1, 0.15) is 27.7 Å². The summed E-state index contributed by atoms with van der Waals surface area (Å²) in [5, 5.41) is 3.42. The van der Waals surface area contributed by atoms with Crippen LogP contribution in [0, 0.1) is 5.92 Å². The van der Waals surface area contributed by atoms with Gasteiger partial charge in [0.05, 0.1) is 17.4 Å². The molecule has 0 spiro atoms. The third kappa shape index (κ3) is 4.69. The first kappa shape index (κ1) is 16.8. The van der Waals surface area contributed by atoms with Crippen molar-refractivity contribution in [1.29, 1.82) is 0 Å². The molecule has 0 aliphatic rings. The number of hydrogen-bond acceptors (Lipinski definition) is 3. The Morgan fingerprint density at radius 2 is 2.05 bits per heavy atom. The molecule has 0 radical (unpaired) electrons. The maximum atomic E-state index is 12.3. The van der Waals surface area contributed by atoms with Crippen LogP contribution in [0.3, 0.4) is 0 Å². The van der Waals surface area contributed by atoms with Crippen molar-refractivity contribution in [1.82, 2.24) is 4.90 Å². The second-order valence-corrected chi connectivity index (χ2v) is 5.81. The Labute approximate surface area is 126 Å². The Hall–Kier alpha value is -1.26. The number of carbonyl (C=O) groups is 1. The number of anilines is 2. The van der Waals surface area contributed by atoms with Gasteiger partial charge < -0.3 is 11.1 Å². The van der Waals surface area contributed by atoms with Gasteiger partial charge in [-0.1, -0.05) is 32.4 Å². The molecule has 112 valence electrons. The zero-order chi connectivity index (χ0) is 15.3. The standard InChI is InChI=1S/C15H24ClN3O/c1-5-19(9-10(2)3)11(4)15(20)18-14-7-6-12(16)8-13(14)17/h6-8,10-11H,5,9,17H2,1-4H3,(H,18,20). The molecular weight excluding hydrogens is 274 g/mol. The lowest BCUT2D eigenvalue weighted by molar-refractivity contribution is -0.120. The predicted molar refractivity (Wildman–Crippen MR) is 86.0 cm³/mol. The smallest absolute Gasteiger partial charge is 0.241 e. The van der Waals surface area contributed by atoms with Crippen molar-refractivity contribution in [3.05, 3.63) is 23.2 Å². The van der Waals surface area contributed by atoms with Gasteiger partial charge in [0.25, 0.3) is 0 Å². The highest BCUT2D eigenvalue weighted by molar-refractivity contribution is 6.31. The van der Waals surface area contributed by atoms with Crippen LogP contribution in [0.15, 0.2) is 18.2 Å². The summed E-state index contributed by atoms with van der Waals surface area (Å²) in [5.74, 6) is 0.465. The second kappa shape index (κ2) is 7.50. The van der Waals surface area contributed by atoms with Crippen LogP contribution in [0.25, 0.3) is 0 Å². The molecule has 0 fully saturated rings. The minimum absolute atomic E-state index is 0.0541. The van der Waals surface area contributed by atoms with Gasteiger partial charge in [0.15, 0.2) is 0 Å². The second-order valence-electron chi connectivity index (χ2n) is 5.38. The summed E-state index contributed by atoms with van der Waals surface area (Å²) >= 11 is 5.85. The number of nitrogens with one attached hydrogen (secondary N) is 1. The van der Waals surface area contributed by atoms with Crippen molar-refractivity contribution >= 4 is 28.9 Å². The summed E-state index contributed by atoms with van der Waals surface area (Å²) < 4.78 is 0. The highest BCUT2D eigenvalue weighted by Crippen LogP contribution is 2.23. The van der Waals surface area contributed by atoms with Crippen molar-refractivity contribution in [3.8, 4) is 0 Å². The quantitative estimate of drug-likeness (QED) is 0.793. The van der Waals surface area contributed by atoms with E-state index in [2.05, 4.69) is 31.0 Å². The van der Waals surface area contributed by atoms with E-state index in [1.54, 1.807) is 18.2 Å². The fraction of sp³-hybridized carbons (Fsp3) is 0.533. The fourth-order valence-electron chi connectivity index (χ4n) is 2.08. The molecule has 1 aromatic carbocycles. The monoisotopic (exact) mass is 297 g/mol. The third-order valence-electron chi connectivity index (χ3n) is 3.20. The molecule has 0 saturated carbocycles. The van der Waals surface area contributed by atoms with Gasteiger partial charge in [-0.3, -0.25) is 9.69 Å². The predicted octanol–water partition coefficient (Wildman–Crippen LogP) is 3.23. The third-order valence-corrected chi connectivity index (χ3v) is 3.44. The van der Waals surface area contributed by atoms with Crippen molar-refractivity contribution in [2.75, 3.05) is 24.1 Å². The number of benzene rings is 1. The largest absolute Gasteiger partial charge is 0.397 e. The van der Waals surface area contributed by atoms with Crippen LogP contribution in [-0.2, 0) is 4.79 Å². The molecule has 0 aliphatic heterocycles. The van der Waals surface area contributed by atoms with E-state index in [0.29, 0.717) is 22.3 Å². The molecule has 20 heavy (non-hydrogen) atoms. The molecular formula is C15H24ClN3O. The minimum Gasteiger partial charge on any atom is -0.397 e. The zero-order valence-corrected chi connectivity index (χ0v) is 13.4. The number of halogens is 1. The summed E-state index contributed by atoms with van der Waals surface area (Å²) in [6, 6.07) is 4.87. The van der Waals surface area contributed by atoms with Crippen LogP contribution in [0.5, 0.6) is 0 Å². The van der Waals surface area contributed by atoms with E-state index in [9.17, 15) is 4.79 Å². The van der Waals surface area contributed by atoms with Gasteiger partial charge in [-0.15, -0.1) is 0 Å². The lowest BCUT2D eigenvalue weighted by Gasteiger charge is -2.28. The van der Waals surface area contributed by atoms with E-state index in [0.717, 1.165) is 13.1 Å². The summed E-state index contributed by atoms with van der Waals surface area (Å²) in [6.45, 7) is 9.98. The molecule has 1 atom stereocenters. The van der Waals surface area contributed by atoms with E-state index in [1.807, 2.05) is 6.92 Å². The number of hydrogen-bond donors (Lipinski definition) is 2. The van der Waals surface area contributed by atoms with E-state index in [1.165, 1.54) is 0 Å². The van der Waals surface area contributed by atoms with Gasteiger partial charge in [-0.05, 0) is 37.6 Å². The van der Waals surface area contributed by atoms with Crippen LogP contribution in [0.2, 0.25) is 5.02 Å².